The number of nitrogens with one attached hydrogen (secondary N) is 1. The van der Waals surface area contributed by atoms with E-state index in [1.54, 1.807) is 30.3 Å². The molecular formula is C19H21N3O3S. The zero-order valence-corrected chi connectivity index (χ0v) is 15.5. The number of aromatic nitrogens is 1. The molecule has 2 aromatic carbocycles. The lowest BCUT2D eigenvalue weighted by Gasteiger charge is -2.17. The van der Waals surface area contributed by atoms with Crippen molar-refractivity contribution >= 4 is 26.5 Å². The molecule has 6 nitrogen and oxygen atoms in total. The molecule has 1 aromatic heterocycles. The van der Waals surface area contributed by atoms with Gasteiger partial charge in [-0.3, -0.25) is 4.98 Å². The van der Waals surface area contributed by atoms with Crippen molar-refractivity contribution in [2.75, 3.05) is 19.0 Å². The Bertz CT molecular complexity index is 1030. The molecule has 7 heteroatoms. The van der Waals surface area contributed by atoms with Crippen molar-refractivity contribution in [2.24, 2.45) is 0 Å². The van der Waals surface area contributed by atoms with E-state index >= 15 is 0 Å². The lowest BCUT2D eigenvalue weighted by Crippen LogP contribution is -2.24. The molecule has 0 aliphatic carbocycles. The van der Waals surface area contributed by atoms with Gasteiger partial charge >= 0.3 is 0 Å². The average Bonchev–Trinajstić information content (AvgIpc) is 2.65. The molecule has 0 unspecified atom stereocenters. The second kappa shape index (κ2) is 7.41. The van der Waals surface area contributed by atoms with E-state index in [-0.39, 0.29) is 18.0 Å². The highest BCUT2D eigenvalue weighted by atomic mass is 32.2. The quantitative estimate of drug-likeness (QED) is 0.695. The maximum Gasteiger partial charge on any atom is 0.241 e. The van der Waals surface area contributed by atoms with Crippen LogP contribution in [-0.2, 0) is 23.2 Å². The maximum atomic E-state index is 12.9. The van der Waals surface area contributed by atoms with Crippen molar-refractivity contribution < 1.29 is 13.5 Å². The van der Waals surface area contributed by atoms with Crippen molar-refractivity contribution in [2.45, 2.75) is 18.0 Å². The van der Waals surface area contributed by atoms with Gasteiger partial charge in [0.25, 0.3) is 0 Å². The van der Waals surface area contributed by atoms with E-state index in [0.29, 0.717) is 16.8 Å². The van der Waals surface area contributed by atoms with Crippen LogP contribution in [-0.4, -0.2) is 32.6 Å². The highest BCUT2D eigenvalue weighted by molar-refractivity contribution is 7.89. The second-order valence-corrected chi connectivity index (χ2v) is 7.86. The Labute approximate surface area is 153 Å². The summed E-state index contributed by atoms with van der Waals surface area (Å²) in [5.41, 5.74) is 2.01. The molecule has 0 aliphatic rings. The fourth-order valence-corrected chi connectivity index (χ4v) is 4.07. The minimum Gasteiger partial charge on any atom is -0.390 e. The van der Waals surface area contributed by atoms with Crippen LogP contribution in [0.3, 0.4) is 0 Å². The van der Waals surface area contributed by atoms with Crippen molar-refractivity contribution in [1.29, 1.82) is 0 Å². The topological polar surface area (TPSA) is 82.5 Å². The molecule has 0 radical (unpaired) electrons. The minimum absolute atomic E-state index is 0.0555. The summed E-state index contributed by atoms with van der Waals surface area (Å²) in [7, 11) is 0.131. The number of rotatable bonds is 6. The van der Waals surface area contributed by atoms with Gasteiger partial charge in [-0.15, -0.1) is 0 Å². The van der Waals surface area contributed by atoms with Gasteiger partial charge in [0.05, 0.1) is 29.4 Å². The van der Waals surface area contributed by atoms with Gasteiger partial charge in [-0.1, -0.05) is 30.3 Å². The summed E-state index contributed by atoms with van der Waals surface area (Å²) in [5, 5.41) is 10.7. The monoisotopic (exact) mass is 371 g/mol. The summed E-state index contributed by atoms with van der Waals surface area (Å²) in [6, 6.07) is 16.0. The summed E-state index contributed by atoms with van der Waals surface area (Å²) < 4.78 is 28.3. The van der Waals surface area contributed by atoms with Crippen LogP contribution in [0.25, 0.3) is 10.8 Å². The van der Waals surface area contributed by atoms with Crippen molar-refractivity contribution in [3.8, 4) is 0 Å². The fourth-order valence-electron chi connectivity index (χ4n) is 2.85. The Morgan fingerprint density at radius 3 is 2.35 bits per heavy atom. The number of benzene rings is 2. The fraction of sp³-hybridized carbons (Fsp3) is 0.211. The smallest absolute Gasteiger partial charge is 0.241 e. The van der Waals surface area contributed by atoms with Gasteiger partial charge in [-0.2, -0.15) is 0 Å². The minimum atomic E-state index is -3.72. The molecule has 0 amide bonds. The Kier molecular flexibility index (Phi) is 5.22. The predicted octanol–water partition coefficient (Wildman–Crippen LogP) is 2.27. The third kappa shape index (κ3) is 3.70. The van der Waals surface area contributed by atoms with Gasteiger partial charge in [-0.05, 0) is 24.3 Å². The number of pyridine rings is 1. The Hall–Kier alpha value is -2.48. The van der Waals surface area contributed by atoms with Crippen LogP contribution >= 0.6 is 0 Å². The van der Waals surface area contributed by atoms with Crippen LogP contribution in [0.2, 0.25) is 0 Å². The molecule has 3 rings (SSSR count). The van der Waals surface area contributed by atoms with Gasteiger partial charge in [-0.25, -0.2) is 13.1 Å². The third-order valence-corrected chi connectivity index (χ3v) is 5.56. The Balaban J connectivity index is 1.95. The molecule has 0 saturated heterocycles. The van der Waals surface area contributed by atoms with Crippen molar-refractivity contribution in [3.05, 3.63) is 66.0 Å². The molecule has 136 valence electrons. The Morgan fingerprint density at radius 2 is 1.62 bits per heavy atom. The normalized spacial score (nSPS) is 11.7. The molecule has 1 heterocycles. The van der Waals surface area contributed by atoms with Crippen molar-refractivity contribution in [1.82, 2.24) is 9.71 Å². The van der Waals surface area contributed by atoms with Crippen molar-refractivity contribution in [3.63, 3.8) is 0 Å². The number of hydrogen-bond acceptors (Lipinski definition) is 5. The lowest BCUT2D eigenvalue weighted by molar-refractivity contribution is 0.276. The van der Waals surface area contributed by atoms with E-state index in [4.69, 9.17) is 5.11 Å². The number of anilines is 1. The summed E-state index contributed by atoms with van der Waals surface area (Å²) in [4.78, 5) is 6.39. The first kappa shape index (κ1) is 18.3. The molecule has 26 heavy (non-hydrogen) atoms. The number of hydrogen-bond donors (Lipinski definition) is 2. The van der Waals surface area contributed by atoms with Crippen LogP contribution in [0.5, 0.6) is 0 Å². The highest BCUT2D eigenvalue weighted by Gasteiger charge is 2.18. The van der Waals surface area contributed by atoms with Crippen LogP contribution < -0.4 is 9.62 Å². The third-order valence-electron chi connectivity index (χ3n) is 4.10. The summed E-state index contributed by atoms with van der Waals surface area (Å²) in [6.07, 6.45) is 0. The predicted molar refractivity (Wildman–Crippen MR) is 102 cm³/mol. The van der Waals surface area contributed by atoms with Gasteiger partial charge in [0, 0.05) is 30.6 Å². The van der Waals surface area contributed by atoms with Crippen LogP contribution in [0, 0.1) is 0 Å². The number of sulfonamides is 1. The SMILES string of the molecule is CN(C)c1cccc2c(S(=O)(=O)NCc3cccc(CO)n3)cccc12. The molecule has 0 fully saturated rings. The number of aliphatic hydroxyl groups excluding tert-OH is 1. The molecule has 0 saturated carbocycles. The summed E-state index contributed by atoms with van der Waals surface area (Å²) in [5.74, 6) is 0. The van der Waals surface area contributed by atoms with E-state index in [1.165, 1.54) is 0 Å². The molecule has 3 aromatic rings. The standard InChI is InChI=1S/C19H21N3O3S/c1-22(2)18-10-4-9-17-16(18)8-5-11-19(17)26(24,25)20-12-14-6-3-7-15(13-23)21-14/h3-11,20,23H,12-13H2,1-2H3. The summed E-state index contributed by atoms with van der Waals surface area (Å²) >= 11 is 0. The van der Waals surface area contributed by atoms with E-state index < -0.39 is 10.0 Å². The van der Waals surface area contributed by atoms with E-state index in [9.17, 15) is 8.42 Å². The maximum absolute atomic E-state index is 12.9. The van der Waals surface area contributed by atoms with Gasteiger partial charge < -0.3 is 10.0 Å². The molecule has 2 N–H and O–H groups in total. The van der Waals surface area contributed by atoms with Crippen LogP contribution in [0.1, 0.15) is 11.4 Å². The van der Waals surface area contributed by atoms with Gasteiger partial charge in [0.15, 0.2) is 0 Å². The average molecular weight is 371 g/mol. The first-order chi connectivity index (χ1) is 12.4. The van der Waals surface area contributed by atoms with E-state index in [1.807, 2.05) is 43.3 Å². The highest BCUT2D eigenvalue weighted by Crippen LogP contribution is 2.30. The van der Waals surface area contributed by atoms with Gasteiger partial charge in [0.2, 0.25) is 10.0 Å². The summed E-state index contributed by atoms with van der Waals surface area (Å²) in [6.45, 7) is -0.128. The van der Waals surface area contributed by atoms with Crippen LogP contribution in [0.4, 0.5) is 5.69 Å². The Morgan fingerprint density at radius 1 is 0.962 bits per heavy atom. The first-order valence-electron chi connectivity index (χ1n) is 8.17. The second-order valence-electron chi connectivity index (χ2n) is 6.13. The van der Waals surface area contributed by atoms with Gasteiger partial charge in [0.1, 0.15) is 0 Å². The zero-order chi connectivity index (χ0) is 18.7. The van der Waals surface area contributed by atoms with Crippen LogP contribution in [0.15, 0.2) is 59.5 Å². The van der Waals surface area contributed by atoms with E-state index in [0.717, 1.165) is 11.1 Å². The zero-order valence-electron chi connectivity index (χ0n) is 14.7. The lowest BCUT2D eigenvalue weighted by atomic mass is 10.1. The molecule has 0 aliphatic heterocycles. The van der Waals surface area contributed by atoms with E-state index in [2.05, 4.69) is 9.71 Å². The number of fused-ring (bicyclic) bond motifs is 1. The number of aliphatic hydroxyl groups is 1. The number of nitrogens with zero attached hydrogens (tertiary/aromatic N) is 2. The first-order valence-corrected chi connectivity index (χ1v) is 9.65. The molecule has 0 bridgehead atoms. The molecular weight excluding hydrogens is 350 g/mol. The molecule has 0 atom stereocenters. The molecule has 0 spiro atoms. The largest absolute Gasteiger partial charge is 0.390 e.